The van der Waals surface area contributed by atoms with Crippen LogP contribution in [0.25, 0.3) is 0 Å². The number of hydrogen-bond donors (Lipinski definition) is 0. The number of benzene rings is 1. The first-order chi connectivity index (χ1) is 10.0. The Kier molecular flexibility index (Phi) is 5.65. The van der Waals surface area contributed by atoms with Crippen LogP contribution >= 0.6 is 11.6 Å². The summed E-state index contributed by atoms with van der Waals surface area (Å²) in [6.07, 6.45) is 1.28. The molecular weight excluding hydrogens is 284 g/mol. The monoisotopic (exact) mass is 308 g/mol. The number of carbonyl (C=O) groups is 1. The van der Waals surface area contributed by atoms with Crippen molar-refractivity contribution >= 4 is 17.5 Å². The molecule has 1 fully saturated rings. The summed E-state index contributed by atoms with van der Waals surface area (Å²) in [7, 11) is 0. The van der Waals surface area contributed by atoms with Crippen molar-refractivity contribution in [1.82, 2.24) is 9.80 Å². The zero-order valence-electron chi connectivity index (χ0n) is 13.2. The highest BCUT2D eigenvalue weighted by atomic mass is 35.5. The zero-order valence-corrected chi connectivity index (χ0v) is 13.9. The topological polar surface area (TPSA) is 23.6 Å². The fraction of sp³-hybridized carbons (Fsp3) is 0.588. The summed E-state index contributed by atoms with van der Waals surface area (Å²) >= 11 is 5.91. The third kappa shape index (κ3) is 3.98. The van der Waals surface area contributed by atoms with Gasteiger partial charge in [0, 0.05) is 29.7 Å². The molecule has 0 radical (unpaired) electrons. The van der Waals surface area contributed by atoms with Gasteiger partial charge in [0.25, 0.3) is 5.91 Å². The van der Waals surface area contributed by atoms with Crippen LogP contribution in [0, 0.1) is 5.92 Å². The smallest absolute Gasteiger partial charge is 0.254 e. The molecule has 21 heavy (non-hydrogen) atoms. The summed E-state index contributed by atoms with van der Waals surface area (Å²) in [6.45, 7) is 10.5. The number of likely N-dealkylation sites (tertiary alicyclic amines) is 1. The molecule has 0 aromatic heterocycles. The lowest BCUT2D eigenvalue weighted by Gasteiger charge is -2.40. The van der Waals surface area contributed by atoms with Crippen molar-refractivity contribution in [2.24, 2.45) is 5.92 Å². The minimum Gasteiger partial charge on any atom is -0.334 e. The van der Waals surface area contributed by atoms with E-state index in [9.17, 15) is 4.79 Å². The summed E-state index contributed by atoms with van der Waals surface area (Å²) in [5.41, 5.74) is 0.718. The van der Waals surface area contributed by atoms with Crippen LogP contribution in [0.1, 0.15) is 37.6 Å². The van der Waals surface area contributed by atoms with Gasteiger partial charge in [-0.3, -0.25) is 4.79 Å². The van der Waals surface area contributed by atoms with Crippen molar-refractivity contribution < 1.29 is 4.79 Å². The zero-order chi connectivity index (χ0) is 15.4. The molecule has 1 aliphatic heterocycles. The molecule has 0 unspecified atom stereocenters. The first kappa shape index (κ1) is 16.3. The van der Waals surface area contributed by atoms with Crippen LogP contribution < -0.4 is 0 Å². The van der Waals surface area contributed by atoms with Crippen molar-refractivity contribution in [1.29, 1.82) is 0 Å². The van der Waals surface area contributed by atoms with E-state index >= 15 is 0 Å². The van der Waals surface area contributed by atoms with Crippen LogP contribution in [-0.4, -0.2) is 47.9 Å². The van der Waals surface area contributed by atoms with Crippen LogP contribution in [0.2, 0.25) is 5.02 Å². The largest absolute Gasteiger partial charge is 0.334 e. The van der Waals surface area contributed by atoms with Crippen molar-refractivity contribution in [3.8, 4) is 0 Å². The van der Waals surface area contributed by atoms with Gasteiger partial charge in [-0.05, 0) is 56.6 Å². The molecule has 4 heteroatoms. The Labute approximate surface area is 132 Å². The standard InChI is InChI=1S/C17H25ClN2O/c1-4-20(16(13(2)3)12-19-10-5-11-19)17(21)14-6-8-15(18)9-7-14/h6-9,13,16H,4-5,10-12H2,1-3H3/t16-/m1/s1. The number of rotatable bonds is 6. The van der Waals surface area contributed by atoms with E-state index in [2.05, 4.69) is 25.7 Å². The molecule has 1 aromatic carbocycles. The van der Waals surface area contributed by atoms with Gasteiger partial charge in [0.15, 0.2) is 0 Å². The van der Waals surface area contributed by atoms with Gasteiger partial charge in [-0.15, -0.1) is 0 Å². The Morgan fingerprint density at radius 3 is 2.33 bits per heavy atom. The first-order valence-electron chi connectivity index (χ1n) is 7.81. The first-order valence-corrected chi connectivity index (χ1v) is 8.19. The van der Waals surface area contributed by atoms with Crippen LogP contribution in [0.4, 0.5) is 0 Å². The molecule has 0 spiro atoms. The molecule has 3 nitrogen and oxygen atoms in total. The summed E-state index contributed by atoms with van der Waals surface area (Å²) in [5, 5.41) is 0.663. The molecule has 1 amide bonds. The molecule has 1 aromatic rings. The maximum atomic E-state index is 12.8. The van der Waals surface area contributed by atoms with E-state index in [0.717, 1.165) is 31.7 Å². The fourth-order valence-corrected chi connectivity index (χ4v) is 2.91. The van der Waals surface area contributed by atoms with Crippen LogP contribution in [0.5, 0.6) is 0 Å². The van der Waals surface area contributed by atoms with Gasteiger partial charge in [-0.2, -0.15) is 0 Å². The average Bonchev–Trinajstić information content (AvgIpc) is 2.41. The van der Waals surface area contributed by atoms with E-state index in [-0.39, 0.29) is 11.9 Å². The van der Waals surface area contributed by atoms with E-state index < -0.39 is 0 Å². The third-order valence-electron chi connectivity index (χ3n) is 4.26. The van der Waals surface area contributed by atoms with Gasteiger partial charge < -0.3 is 9.80 Å². The molecule has 0 saturated carbocycles. The highest BCUT2D eigenvalue weighted by Gasteiger charge is 2.29. The predicted molar refractivity (Wildman–Crippen MR) is 87.8 cm³/mol. The minimum absolute atomic E-state index is 0.105. The highest BCUT2D eigenvalue weighted by Crippen LogP contribution is 2.19. The number of carbonyl (C=O) groups excluding carboxylic acids is 1. The molecule has 116 valence electrons. The lowest BCUT2D eigenvalue weighted by Crippen LogP contribution is -2.52. The Hall–Kier alpha value is -1.06. The summed E-state index contributed by atoms with van der Waals surface area (Å²) in [4.78, 5) is 17.2. The second-order valence-corrected chi connectivity index (χ2v) is 6.50. The predicted octanol–water partition coefficient (Wildman–Crippen LogP) is 3.53. The molecule has 1 saturated heterocycles. The molecule has 1 atom stereocenters. The molecule has 1 heterocycles. The second-order valence-electron chi connectivity index (χ2n) is 6.06. The van der Waals surface area contributed by atoms with E-state index in [0.29, 0.717) is 10.9 Å². The number of hydrogen-bond acceptors (Lipinski definition) is 2. The fourth-order valence-electron chi connectivity index (χ4n) is 2.79. The Bertz CT molecular complexity index is 468. The van der Waals surface area contributed by atoms with E-state index in [1.807, 2.05) is 17.0 Å². The maximum Gasteiger partial charge on any atom is 0.254 e. The van der Waals surface area contributed by atoms with Gasteiger partial charge in [0.05, 0.1) is 0 Å². The van der Waals surface area contributed by atoms with Gasteiger partial charge in [-0.1, -0.05) is 25.4 Å². The van der Waals surface area contributed by atoms with Gasteiger partial charge in [0.1, 0.15) is 0 Å². The van der Waals surface area contributed by atoms with E-state index in [4.69, 9.17) is 11.6 Å². The number of likely N-dealkylation sites (N-methyl/N-ethyl adjacent to an activating group) is 1. The molecular formula is C17H25ClN2O. The molecule has 2 rings (SSSR count). The van der Waals surface area contributed by atoms with Gasteiger partial charge in [-0.25, -0.2) is 0 Å². The number of halogens is 1. The van der Waals surface area contributed by atoms with Crippen LogP contribution in [-0.2, 0) is 0 Å². The SMILES string of the molecule is CCN(C(=O)c1ccc(Cl)cc1)[C@H](CN1CCC1)C(C)C. The molecule has 0 aliphatic carbocycles. The minimum atomic E-state index is 0.105. The molecule has 0 bridgehead atoms. The van der Waals surface area contributed by atoms with E-state index in [1.165, 1.54) is 6.42 Å². The highest BCUT2D eigenvalue weighted by molar-refractivity contribution is 6.30. The quantitative estimate of drug-likeness (QED) is 0.802. The van der Waals surface area contributed by atoms with Crippen LogP contribution in [0.3, 0.4) is 0 Å². The maximum absolute atomic E-state index is 12.8. The molecule has 1 aliphatic rings. The average molecular weight is 309 g/mol. The van der Waals surface area contributed by atoms with Crippen molar-refractivity contribution in [2.75, 3.05) is 26.2 Å². The number of nitrogens with zero attached hydrogens (tertiary/aromatic N) is 2. The Morgan fingerprint density at radius 1 is 1.29 bits per heavy atom. The summed E-state index contributed by atoms with van der Waals surface area (Å²) < 4.78 is 0. The van der Waals surface area contributed by atoms with Crippen molar-refractivity contribution in [3.63, 3.8) is 0 Å². The third-order valence-corrected chi connectivity index (χ3v) is 4.51. The van der Waals surface area contributed by atoms with Crippen LogP contribution in [0.15, 0.2) is 24.3 Å². The van der Waals surface area contributed by atoms with Crippen molar-refractivity contribution in [2.45, 2.75) is 33.2 Å². The second kappa shape index (κ2) is 7.28. The van der Waals surface area contributed by atoms with E-state index in [1.54, 1.807) is 12.1 Å². The Morgan fingerprint density at radius 2 is 1.90 bits per heavy atom. The summed E-state index contributed by atoms with van der Waals surface area (Å²) in [6, 6.07) is 7.45. The lowest BCUT2D eigenvalue weighted by atomic mass is 9.99. The number of amides is 1. The van der Waals surface area contributed by atoms with Gasteiger partial charge >= 0.3 is 0 Å². The van der Waals surface area contributed by atoms with Gasteiger partial charge in [0.2, 0.25) is 0 Å². The normalized spacial score (nSPS) is 16.6. The lowest BCUT2D eigenvalue weighted by molar-refractivity contribution is 0.0502. The van der Waals surface area contributed by atoms with Crippen molar-refractivity contribution in [3.05, 3.63) is 34.9 Å². The summed E-state index contributed by atoms with van der Waals surface area (Å²) in [5.74, 6) is 0.551. The molecule has 0 N–H and O–H groups in total. The Balaban J connectivity index is 2.14.